The highest BCUT2D eigenvalue weighted by atomic mass is 79.9. The lowest BCUT2D eigenvalue weighted by Gasteiger charge is -2.14. The number of carbonyl (C=O) groups is 1. The molecule has 0 unspecified atom stereocenters. The smallest absolute Gasteiger partial charge is 0.178 e. The van der Waals surface area contributed by atoms with Crippen LogP contribution in [0.3, 0.4) is 0 Å². The second kappa shape index (κ2) is 3.71. The van der Waals surface area contributed by atoms with Crippen LogP contribution in [0.5, 0.6) is 0 Å². The van der Waals surface area contributed by atoms with Gasteiger partial charge in [0.15, 0.2) is 5.78 Å². The molecule has 0 saturated heterocycles. The molecule has 0 N–H and O–H groups in total. The number of halogens is 2. The summed E-state index contributed by atoms with van der Waals surface area (Å²) in [6, 6.07) is 1.71. The number of hydrogen-bond acceptors (Lipinski definition) is 2. The van der Waals surface area contributed by atoms with Crippen molar-refractivity contribution >= 4 is 44.7 Å². The molecule has 0 radical (unpaired) electrons. The summed E-state index contributed by atoms with van der Waals surface area (Å²) in [5.74, 6) is 0.130. The molecular weight excluding hydrogens is 272 g/mol. The molecule has 1 nitrogen and oxygen atoms in total. The van der Waals surface area contributed by atoms with Crippen LogP contribution in [0.25, 0.3) is 0 Å². The number of rotatable bonds is 1. The molecule has 1 aromatic rings. The fourth-order valence-electron chi connectivity index (χ4n) is 0.828. The predicted octanol–water partition coefficient (Wildman–Crippen LogP) is 4.39. The average molecular weight is 282 g/mol. The van der Waals surface area contributed by atoms with Crippen molar-refractivity contribution in [2.75, 3.05) is 0 Å². The average Bonchev–Trinajstić information content (AvgIpc) is 2.29. The van der Waals surface area contributed by atoms with E-state index in [1.165, 1.54) is 11.3 Å². The maximum absolute atomic E-state index is 11.8. The standard InChI is InChI=1S/C9H10BrClOS/c1-9(2,3)7(12)6-4-5(11)8(10)13-6/h4H,1-3H3. The summed E-state index contributed by atoms with van der Waals surface area (Å²) in [6.07, 6.45) is 0. The molecule has 13 heavy (non-hydrogen) atoms. The summed E-state index contributed by atoms with van der Waals surface area (Å²) in [4.78, 5) is 12.5. The van der Waals surface area contributed by atoms with Crippen LogP contribution >= 0.6 is 38.9 Å². The van der Waals surface area contributed by atoms with E-state index < -0.39 is 0 Å². The zero-order valence-electron chi connectivity index (χ0n) is 7.65. The molecule has 0 aliphatic carbocycles. The Labute approximate surface area is 95.2 Å². The summed E-state index contributed by atoms with van der Waals surface area (Å²) in [7, 11) is 0. The lowest BCUT2D eigenvalue weighted by atomic mass is 9.90. The third-order valence-corrected chi connectivity index (χ3v) is 4.02. The largest absolute Gasteiger partial charge is 0.293 e. The van der Waals surface area contributed by atoms with E-state index in [9.17, 15) is 4.79 Å². The van der Waals surface area contributed by atoms with Crippen molar-refractivity contribution in [3.8, 4) is 0 Å². The Morgan fingerprint density at radius 2 is 2.08 bits per heavy atom. The van der Waals surface area contributed by atoms with Crippen molar-refractivity contribution in [1.82, 2.24) is 0 Å². The second-order valence-electron chi connectivity index (χ2n) is 3.81. The van der Waals surface area contributed by atoms with Crippen LogP contribution in [0.4, 0.5) is 0 Å². The van der Waals surface area contributed by atoms with Crippen LogP contribution in [-0.4, -0.2) is 5.78 Å². The third kappa shape index (κ3) is 2.55. The topological polar surface area (TPSA) is 17.1 Å². The zero-order chi connectivity index (χ0) is 10.2. The van der Waals surface area contributed by atoms with Gasteiger partial charge in [0.05, 0.1) is 13.7 Å². The molecule has 0 aliphatic heterocycles. The van der Waals surface area contributed by atoms with Crippen LogP contribution < -0.4 is 0 Å². The Morgan fingerprint density at radius 1 is 1.54 bits per heavy atom. The van der Waals surface area contributed by atoms with Crippen LogP contribution in [0, 0.1) is 5.41 Å². The van der Waals surface area contributed by atoms with E-state index in [2.05, 4.69) is 15.9 Å². The van der Waals surface area contributed by atoms with Gasteiger partial charge in [0, 0.05) is 5.41 Å². The maximum atomic E-state index is 11.8. The molecule has 0 aromatic carbocycles. The number of hydrogen-bond donors (Lipinski definition) is 0. The number of Topliss-reactive ketones (excluding diaryl/α,β-unsaturated/α-hetero) is 1. The molecule has 72 valence electrons. The van der Waals surface area contributed by atoms with Gasteiger partial charge in [-0.05, 0) is 22.0 Å². The van der Waals surface area contributed by atoms with E-state index in [4.69, 9.17) is 11.6 Å². The highest BCUT2D eigenvalue weighted by molar-refractivity contribution is 9.11. The van der Waals surface area contributed by atoms with E-state index >= 15 is 0 Å². The molecule has 1 aromatic heterocycles. The van der Waals surface area contributed by atoms with E-state index in [-0.39, 0.29) is 11.2 Å². The van der Waals surface area contributed by atoms with Gasteiger partial charge in [0.25, 0.3) is 0 Å². The van der Waals surface area contributed by atoms with Crippen LogP contribution in [0.2, 0.25) is 5.02 Å². The summed E-state index contributed by atoms with van der Waals surface area (Å²) in [5.41, 5.74) is -0.340. The molecule has 1 heterocycles. The van der Waals surface area contributed by atoms with Crippen LogP contribution in [-0.2, 0) is 0 Å². The first-order valence-corrected chi connectivity index (χ1v) is 5.81. The number of carbonyl (C=O) groups excluding carboxylic acids is 1. The Balaban J connectivity index is 3.03. The molecule has 0 bridgehead atoms. The molecule has 0 saturated carbocycles. The predicted molar refractivity (Wildman–Crippen MR) is 60.8 cm³/mol. The summed E-state index contributed by atoms with van der Waals surface area (Å²) >= 11 is 10.5. The minimum atomic E-state index is -0.340. The summed E-state index contributed by atoms with van der Waals surface area (Å²) in [5, 5.41) is 0.609. The fourth-order valence-corrected chi connectivity index (χ4v) is 2.68. The van der Waals surface area contributed by atoms with Gasteiger partial charge in [-0.1, -0.05) is 32.4 Å². The highest BCUT2D eigenvalue weighted by Gasteiger charge is 2.25. The minimum Gasteiger partial charge on any atom is -0.293 e. The van der Waals surface area contributed by atoms with Crippen molar-refractivity contribution in [1.29, 1.82) is 0 Å². The minimum absolute atomic E-state index is 0.130. The molecule has 0 spiro atoms. The van der Waals surface area contributed by atoms with Gasteiger partial charge in [-0.15, -0.1) is 11.3 Å². The molecule has 4 heteroatoms. The van der Waals surface area contributed by atoms with Gasteiger partial charge in [0.2, 0.25) is 0 Å². The quantitative estimate of drug-likeness (QED) is 0.698. The van der Waals surface area contributed by atoms with Crippen molar-refractivity contribution < 1.29 is 4.79 Å². The molecule has 0 amide bonds. The first kappa shape index (κ1) is 11.2. The second-order valence-corrected chi connectivity index (χ2v) is 6.59. The first-order chi connectivity index (χ1) is 5.82. The van der Waals surface area contributed by atoms with Gasteiger partial charge in [-0.3, -0.25) is 4.79 Å². The van der Waals surface area contributed by atoms with Crippen molar-refractivity contribution in [2.45, 2.75) is 20.8 Å². The van der Waals surface area contributed by atoms with E-state index in [1.807, 2.05) is 20.8 Å². The lowest BCUT2D eigenvalue weighted by molar-refractivity contribution is 0.0863. The zero-order valence-corrected chi connectivity index (χ0v) is 10.8. The van der Waals surface area contributed by atoms with Crippen molar-refractivity contribution in [3.63, 3.8) is 0 Å². The summed E-state index contributed by atoms with van der Waals surface area (Å²) in [6.45, 7) is 5.70. The number of ketones is 1. The normalized spacial score (nSPS) is 11.8. The van der Waals surface area contributed by atoms with E-state index in [1.54, 1.807) is 6.07 Å². The van der Waals surface area contributed by atoms with Gasteiger partial charge in [-0.25, -0.2) is 0 Å². The lowest BCUT2D eigenvalue weighted by Crippen LogP contribution is -2.18. The molecule has 0 fully saturated rings. The van der Waals surface area contributed by atoms with Gasteiger partial charge in [-0.2, -0.15) is 0 Å². The molecular formula is C9H10BrClOS. The van der Waals surface area contributed by atoms with Crippen molar-refractivity contribution in [3.05, 3.63) is 19.8 Å². The Hall–Kier alpha value is 0.140. The van der Waals surface area contributed by atoms with Gasteiger partial charge in [0.1, 0.15) is 0 Å². The maximum Gasteiger partial charge on any atom is 0.178 e. The molecule has 0 atom stereocenters. The Bertz CT molecular complexity index is 318. The SMILES string of the molecule is CC(C)(C)C(=O)c1cc(Cl)c(Br)s1. The van der Waals surface area contributed by atoms with Crippen LogP contribution in [0.15, 0.2) is 9.85 Å². The summed E-state index contributed by atoms with van der Waals surface area (Å²) < 4.78 is 0.821. The highest BCUT2D eigenvalue weighted by Crippen LogP contribution is 2.35. The Kier molecular flexibility index (Phi) is 3.20. The third-order valence-electron chi connectivity index (χ3n) is 1.55. The van der Waals surface area contributed by atoms with Gasteiger partial charge < -0.3 is 0 Å². The van der Waals surface area contributed by atoms with E-state index in [0.717, 1.165) is 3.79 Å². The fraction of sp³-hybridized carbons (Fsp3) is 0.444. The monoisotopic (exact) mass is 280 g/mol. The van der Waals surface area contributed by atoms with Crippen molar-refractivity contribution in [2.24, 2.45) is 5.41 Å². The van der Waals surface area contributed by atoms with Gasteiger partial charge >= 0.3 is 0 Å². The molecule has 0 aliphatic rings. The van der Waals surface area contributed by atoms with E-state index in [0.29, 0.717) is 9.90 Å². The Morgan fingerprint density at radius 3 is 2.38 bits per heavy atom. The first-order valence-electron chi connectivity index (χ1n) is 3.82. The molecule has 1 rings (SSSR count). The number of thiophene rings is 1. The van der Waals surface area contributed by atoms with Crippen LogP contribution in [0.1, 0.15) is 30.4 Å².